The van der Waals surface area contributed by atoms with Crippen LogP contribution < -0.4 is 5.32 Å². The van der Waals surface area contributed by atoms with Gasteiger partial charge in [0.25, 0.3) is 0 Å². The van der Waals surface area contributed by atoms with Gasteiger partial charge in [0, 0.05) is 18.1 Å². The van der Waals surface area contributed by atoms with Crippen LogP contribution >= 0.6 is 0 Å². The zero-order chi connectivity index (χ0) is 13.9. The van der Waals surface area contributed by atoms with Crippen LogP contribution in [0, 0.1) is 6.92 Å². The van der Waals surface area contributed by atoms with Crippen LogP contribution in [0.4, 0.5) is 0 Å². The van der Waals surface area contributed by atoms with E-state index < -0.39 is 0 Å². The van der Waals surface area contributed by atoms with Crippen LogP contribution in [-0.4, -0.2) is 30.1 Å². The lowest BCUT2D eigenvalue weighted by Crippen LogP contribution is -2.44. The first kappa shape index (κ1) is 14.1. The Morgan fingerprint density at radius 2 is 1.75 bits per heavy atom. The average Bonchev–Trinajstić information content (AvgIpc) is 3.31. The zero-order valence-electron chi connectivity index (χ0n) is 12.9. The Labute approximate surface area is 123 Å². The van der Waals surface area contributed by atoms with Gasteiger partial charge in [-0.05, 0) is 57.7 Å². The van der Waals surface area contributed by atoms with Gasteiger partial charge >= 0.3 is 0 Å². The van der Waals surface area contributed by atoms with E-state index in [2.05, 4.69) is 48.3 Å². The summed E-state index contributed by atoms with van der Waals surface area (Å²) < 4.78 is 0. The third-order valence-electron chi connectivity index (χ3n) is 4.92. The van der Waals surface area contributed by atoms with Gasteiger partial charge in [-0.15, -0.1) is 0 Å². The summed E-state index contributed by atoms with van der Waals surface area (Å²) in [6.07, 6.45) is 6.70. The number of piperidine rings is 1. The second kappa shape index (κ2) is 6.28. The Hall–Kier alpha value is -0.860. The lowest BCUT2D eigenvalue weighted by molar-refractivity contribution is 0.182. The van der Waals surface area contributed by atoms with Crippen molar-refractivity contribution in [1.82, 2.24) is 10.2 Å². The minimum absolute atomic E-state index is 0.521. The number of aryl methyl sites for hydroxylation is 1. The molecule has 2 nitrogen and oxygen atoms in total. The second-order valence-corrected chi connectivity index (χ2v) is 6.58. The summed E-state index contributed by atoms with van der Waals surface area (Å²) in [5.74, 6) is 0. The molecule has 2 fully saturated rings. The van der Waals surface area contributed by atoms with Gasteiger partial charge < -0.3 is 10.2 Å². The van der Waals surface area contributed by atoms with Crippen LogP contribution in [0.15, 0.2) is 24.3 Å². The van der Waals surface area contributed by atoms with E-state index in [0.717, 1.165) is 6.04 Å². The summed E-state index contributed by atoms with van der Waals surface area (Å²) in [5.41, 5.74) is 2.80. The van der Waals surface area contributed by atoms with Crippen LogP contribution in [0.25, 0.3) is 0 Å². The summed E-state index contributed by atoms with van der Waals surface area (Å²) in [5, 5.41) is 3.89. The molecule has 0 radical (unpaired) electrons. The molecule has 110 valence electrons. The summed E-state index contributed by atoms with van der Waals surface area (Å²) in [6.45, 7) is 7.04. The topological polar surface area (TPSA) is 15.3 Å². The highest BCUT2D eigenvalue weighted by molar-refractivity contribution is 5.24. The Bertz CT molecular complexity index is 414. The molecule has 1 saturated heterocycles. The maximum Gasteiger partial charge on any atom is 0.0320 e. The molecule has 1 atom stereocenters. The monoisotopic (exact) mass is 272 g/mol. The Morgan fingerprint density at radius 3 is 2.30 bits per heavy atom. The van der Waals surface area contributed by atoms with Crippen molar-refractivity contribution in [2.75, 3.05) is 13.1 Å². The van der Waals surface area contributed by atoms with Gasteiger partial charge in [-0.3, -0.25) is 0 Å². The summed E-state index contributed by atoms with van der Waals surface area (Å²) in [4.78, 5) is 2.70. The molecule has 3 rings (SSSR count). The Balaban J connectivity index is 1.54. The molecule has 0 spiro atoms. The molecule has 1 N–H and O–H groups in total. The van der Waals surface area contributed by atoms with Crippen LogP contribution in [-0.2, 0) is 0 Å². The normalized spacial score (nSPS) is 22.9. The molecule has 0 aromatic heterocycles. The van der Waals surface area contributed by atoms with E-state index in [-0.39, 0.29) is 0 Å². The number of benzene rings is 1. The third kappa shape index (κ3) is 3.42. The van der Waals surface area contributed by atoms with Gasteiger partial charge in [-0.1, -0.05) is 36.8 Å². The average molecular weight is 272 g/mol. The van der Waals surface area contributed by atoms with Crippen molar-refractivity contribution in [2.45, 2.75) is 64.1 Å². The molecule has 2 aliphatic rings. The molecule has 1 heterocycles. The van der Waals surface area contributed by atoms with Crippen molar-refractivity contribution in [2.24, 2.45) is 0 Å². The van der Waals surface area contributed by atoms with Crippen molar-refractivity contribution in [3.63, 3.8) is 0 Å². The first-order valence-electron chi connectivity index (χ1n) is 8.33. The first-order valence-corrected chi connectivity index (χ1v) is 8.33. The highest BCUT2D eigenvalue weighted by atomic mass is 15.2. The van der Waals surface area contributed by atoms with E-state index in [0.29, 0.717) is 12.1 Å². The SMILES string of the molecule is CCC(NC1CCN(C2CC2)CC1)c1ccc(C)cc1. The van der Waals surface area contributed by atoms with E-state index in [1.165, 1.54) is 56.3 Å². The van der Waals surface area contributed by atoms with Crippen molar-refractivity contribution >= 4 is 0 Å². The zero-order valence-corrected chi connectivity index (χ0v) is 12.9. The molecule has 2 heteroatoms. The van der Waals surface area contributed by atoms with Crippen LogP contribution in [0.1, 0.15) is 56.2 Å². The highest BCUT2D eigenvalue weighted by Crippen LogP contribution is 2.30. The van der Waals surface area contributed by atoms with Gasteiger partial charge in [0.15, 0.2) is 0 Å². The first-order chi connectivity index (χ1) is 9.76. The molecule has 1 aromatic rings. The smallest absolute Gasteiger partial charge is 0.0320 e. The Kier molecular flexibility index (Phi) is 4.42. The molecule has 1 unspecified atom stereocenters. The largest absolute Gasteiger partial charge is 0.307 e. The van der Waals surface area contributed by atoms with Gasteiger partial charge in [-0.25, -0.2) is 0 Å². The number of hydrogen-bond acceptors (Lipinski definition) is 2. The Morgan fingerprint density at radius 1 is 1.10 bits per heavy atom. The predicted molar refractivity (Wildman–Crippen MR) is 85.0 cm³/mol. The fourth-order valence-corrected chi connectivity index (χ4v) is 3.40. The third-order valence-corrected chi connectivity index (χ3v) is 4.92. The van der Waals surface area contributed by atoms with Crippen LogP contribution in [0.5, 0.6) is 0 Å². The molecular weight excluding hydrogens is 244 g/mol. The van der Waals surface area contributed by atoms with Gasteiger partial charge in [0.2, 0.25) is 0 Å². The molecule has 1 aromatic carbocycles. The van der Waals surface area contributed by atoms with E-state index >= 15 is 0 Å². The van der Waals surface area contributed by atoms with Crippen LogP contribution in [0.3, 0.4) is 0 Å². The summed E-state index contributed by atoms with van der Waals surface area (Å²) >= 11 is 0. The lowest BCUT2D eigenvalue weighted by atomic mass is 9.98. The number of likely N-dealkylation sites (tertiary alicyclic amines) is 1. The number of hydrogen-bond donors (Lipinski definition) is 1. The van der Waals surface area contributed by atoms with Crippen molar-refractivity contribution in [3.05, 3.63) is 35.4 Å². The van der Waals surface area contributed by atoms with Crippen molar-refractivity contribution < 1.29 is 0 Å². The fourth-order valence-electron chi connectivity index (χ4n) is 3.40. The summed E-state index contributed by atoms with van der Waals surface area (Å²) in [7, 11) is 0. The molecule has 0 amide bonds. The molecule has 1 aliphatic carbocycles. The highest BCUT2D eigenvalue weighted by Gasteiger charge is 2.32. The van der Waals surface area contributed by atoms with Crippen LogP contribution in [0.2, 0.25) is 0 Å². The number of rotatable bonds is 5. The van der Waals surface area contributed by atoms with Gasteiger partial charge in [0.05, 0.1) is 0 Å². The molecule has 1 saturated carbocycles. The van der Waals surface area contributed by atoms with E-state index in [1.54, 1.807) is 0 Å². The molecule has 1 aliphatic heterocycles. The van der Waals surface area contributed by atoms with Crippen molar-refractivity contribution in [1.29, 1.82) is 0 Å². The maximum atomic E-state index is 3.89. The van der Waals surface area contributed by atoms with E-state index in [4.69, 9.17) is 0 Å². The minimum Gasteiger partial charge on any atom is -0.307 e. The molecule has 0 bridgehead atoms. The fraction of sp³-hybridized carbons (Fsp3) is 0.667. The van der Waals surface area contributed by atoms with E-state index in [9.17, 15) is 0 Å². The predicted octanol–water partition coefficient (Wildman–Crippen LogP) is 3.66. The molecular formula is C18H28N2. The van der Waals surface area contributed by atoms with Crippen molar-refractivity contribution in [3.8, 4) is 0 Å². The van der Waals surface area contributed by atoms with Gasteiger partial charge in [-0.2, -0.15) is 0 Å². The maximum absolute atomic E-state index is 3.89. The lowest BCUT2D eigenvalue weighted by Gasteiger charge is -2.34. The summed E-state index contributed by atoms with van der Waals surface area (Å²) in [6, 6.07) is 11.2. The standard InChI is InChI=1S/C18H28N2/c1-3-18(15-6-4-14(2)5-7-15)19-16-10-12-20(13-11-16)17-8-9-17/h4-7,16-19H,3,8-13H2,1-2H3. The van der Waals surface area contributed by atoms with Gasteiger partial charge in [0.1, 0.15) is 0 Å². The number of nitrogens with zero attached hydrogens (tertiary/aromatic N) is 1. The second-order valence-electron chi connectivity index (χ2n) is 6.58. The van der Waals surface area contributed by atoms with E-state index in [1.807, 2.05) is 0 Å². The number of nitrogens with one attached hydrogen (secondary N) is 1. The minimum atomic E-state index is 0.521. The molecule has 20 heavy (non-hydrogen) atoms. The quantitative estimate of drug-likeness (QED) is 0.880.